The molecule has 0 aromatic heterocycles. The fraction of sp³-hybridized carbons (Fsp3) is 0.667. The van der Waals surface area contributed by atoms with Crippen molar-refractivity contribution in [2.24, 2.45) is 11.8 Å². The van der Waals surface area contributed by atoms with Gasteiger partial charge in [-0.2, -0.15) is 0 Å². The lowest BCUT2D eigenvalue weighted by Gasteiger charge is -2.28. The van der Waals surface area contributed by atoms with E-state index in [1.54, 1.807) is 0 Å². The molecule has 1 N–H and O–H groups in total. The van der Waals surface area contributed by atoms with Gasteiger partial charge in [0.05, 0.1) is 5.92 Å². The zero-order chi connectivity index (χ0) is 6.15. The molecular weight excluding hydrogens is 104 g/mol. The minimum atomic E-state index is -0.662. The molecule has 0 unspecified atom stereocenters. The average molecular weight is 113 g/mol. The summed E-state index contributed by atoms with van der Waals surface area (Å²) in [5.41, 5.74) is 0. The minimum absolute atomic E-state index is 0.0856. The van der Waals surface area contributed by atoms with Crippen molar-refractivity contribution >= 4 is 5.97 Å². The highest BCUT2D eigenvalue weighted by Gasteiger charge is 2.30. The van der Waals surface area contributed by atoms with Gasteiger partial charge in [-0.05, 0) is 18.8 Å². The molecule has 1 radical (unpaired) electrons. The van der Waals surface area contributed by atoms with Crippen LogP contribution in [0.5, 0.6) is 0 Å². The zero-order valence-electron chi connectivity index (χ0n) is 4.63. The van der Waals surface area contributed by atoms with E-state index in [-0.39, 0.29) is 5.92 Å². The Hall–Kier alpha value is -0.530. The minimum Gasteiger partial charge on any atom is -0.481 e. The van der Waals surface area contributed by atoms with Crippen LogP contribution in [-0.2, 0) is 4.79 Å². The molecule has 2 heteroatoms. The molecule has 0 spiro atoms. The van der Waals surface area contributed by atoms with Crippen molar-refractivity contribution < 1.29 is 9.90 Å². The Morgan fingerprint density at radius 2 is 2.12 bits per heavy atom. The van der Waals surface area contributed by atoms with E-state index in [2.05, 4.69) is 6.92 Å². The van der Waals surface area contributed by atoms with Crippen LogP contribution >= 0.6 is 0 Å². The summed E-state index contributed by atoms with van der Waals surface area (Å²) in [7, 11) is 0. The summed E-state index contributed by atoms with van der Waals surface area (Å²) in [6.07, 6.45) is 1.55. The van der Waals surface area contributed by atoms with E-state index >= 15 is 0 Å². The predicted octanol–water partition coefficient (Wildman–Crippen LogP) is 0.931. The number of carboxylic acid groups (broad SMARTS) is 1. The maximum Gasteiger partial charge on any atom is 0.306 e. The molecule has 2 nitrogen and oxygen atoms in total. The Balaban J connectivity index is 2.25. The summed E-state index contributed by atoms with van der Waals surface area (Å²) >= 11 is 0. The van der Waals surface area contributed by atoms with Crippen LogP contribution in [0.1, 0.15) is 12.8 Å². The van der Waals surface area contributed by atoms with Crippen LogP contribution in [0.25, 0.3) is 0 Å². The molecular formula is C6H9O2. The van der Waals surface area contributed by atoms with Crippen LogP contribution in [0.4, 0.5) is 0 Å². The van der Waals surface area contributed by atoms with Crippen LogP contribution in [0.2, 0.25) is 0 Å². The monoisotopic (exact) mass is 113 g/mol. The molecule has 1 aliphatic rings. The second-order valence-corrected chi connectivity index (χ2v) is 2.37. The molecule has 0 aliphatic heterocycles. The quantitative estimate of drug-likeness (QED) is 0.549. The second-order valence-electron chi connectivity index (χ2n) is 2.37. The molecule has 45 valence electrons. The van der Waals surface area contributed by atoms with Gasteiger partial charge in [0.1, 0.15) is 0 Å². The number of aliphatic carboxylic acids is 1. The lowest BCUT2D eigenvalue weighted by Crippen LogP contribution is -2.28. The van der Waals surface area contributed by atoms with Crippen molar-refractivity contribution in [3.05, 3.63) is 6.92 Å². The van der Waals surface area contributed by atoms with Crippen LogP contribution in [0, 0.1) is 18.8 Å². The van der Waals surface area contributed by atoms with Gasteiger partial charge in [-0.1, -0.05) is 6.92 Å². The van der Waals surface area contributed by atoms with Gasteiger partial charge in [-0.25, -0.2) is 0 Å². The third kappa shape index (κ3) is 0.831. The third-order valence-corrected chi connectivity index (χ3v) is 1.58. The molecule has 1 aliphatic carbocycles. The van der Waals surface area contributed by atoms with Gasteiger partial charge in [-0.15, -0.1) is 0 Å². The maximum absolute atomic E-state index is 10.1. The first-order valence-electron chi connectivity index (χ1n) is 2.76. The number of carboxylic acids is 1. The molecule has 0 amide bonds. The molecule has 0 aromatic carbocycles. The van der Waals surface area contributed by atoms with Crippen LogP contribution in [-0.4, -0.2) is 11.1 Å². The van der Waals surface area contributed by atoms with E-state index in [9.17, 15) is 4.79 Å². The molecule has 8 heavy (non-hydrogen) atoms. The first-order chi connectivity index (χ1) is 3.70. The average Bonchev–Trinajstić information content (AvgIpc) is 1.57. The summed E-state index contributed by atoms with van der Waals surface area (Å²) in [6, 6.07) is 0. The highest BCUT2D eigenvalue weighted by Crippen LogP contribution is 2.32. The number of rotatable bonds is 1. The summed E-state index contributed by atoms with van der Waals surface area (Å²) < 4.78 is 0. The van der Waals surface area contributed by atoms with Crippen molar-refractivity contribution in [3.63, 3.8) is 0 Å². The molecule has 0 bridgehead atoms. The van der Waals surface area contributed by atoms with Gasteiger partial charge in [0.15, 0.2) is 0 Å². The predicted molar refractivity (Wildman–Crippen MR) is 29.2 cm³/mol. The summed E-state index contributed by atoms with van der Waals surface area (Å²) in [5, 5.41) is 8.32. The Kier molecular flexibility index (Phi) is 1.24. The van der Waals surface area contributed by atoms with Crippen molar-refractivity contribution in [1.29, 1.82) is 0 Å². The topological polar surface area (TPSA) is 37.3 Å². The van der Waals surface area contributed by atoms with Crippen molar-refractivity contribution in [1.82, 2.24) is 0 Å². The van der Waals surface area contributed by atoms with Gasteiger partial charge < -0.3 is 5.11 Å². The van der Waals surface area contributed by atoms with E-state index in [4.69, 9.17) is 5.11 Å². The molecule has 1 rings (SSSR count). The second kappa shape index (κ2) is 1.77. The highest BCUT2D eigenvalue weighted by atomic mass is 16.4. The van der Waals surface area contributed by atoms with Crippen LogP contribution < -0.4 is 0 Å². The highest BCUT2D eigenvalue weighted by molar-refractivity contribution is 5.71. The van der Waals surface area contributed by atoms with Gasteiger partial charge in [0.2, 0.25) is 0 Å². The summed E-state index contributed by atoms with van der Waals surface area (Å²) in [5.74, 6) is -0.349. The summed E-state index contributed by atoms with van der Waals surface area (Å²) in [6.45, 7) is 3.71. The fourth-order valence-corrected chi connectivity index (χ4v) is 0.937. The third-order valence-electron chi connectivity index (χ3n) is 1.58. The molecule has 1 saturated carbocycles. The number of hydrogen-bond donors (Lipinski definition) is 1. The van der Waals surface area contributed by atoms with E-state index in [1.807, 2.05) is 0 Å². The zero-order valence-corrected chi connectivity index (χ0v) is 4.63. The lowest BCUT2D eigenvalue weighted by atomic mass is 9.76. The maximum atomic E-state index is 10.1. The van der Waals surface area contributed by atoms with Crippen molar-refractivity contribution in [2.75, 3.05) is 0 Å². The van der Waals surface area contributed by atoms with E-state index in [0.717, 1.165) is 12.8 Å². The van der Waals surface area contributed by atoms with Crippen molar-refractivity contribution in [3.8, 4) is 0 Å². The molecule has 0 heterocycles. The first kappa shape index (κ1) is 5.60. The van der Waals surface area contributed by atoms with E-state index in [0.29, 0.717) is 5.92 Å². The van der Waals surface area contributed by atoms with Crippen molar-refractivity contribution in [2.45, 2.75) is 12.8 Å². The van der Waals surface area contributed by atoms with Crippen LogP contribution in [0.15, 0.2) is 0 Å². The standard InChI is InChI=1S/C6H9O2/c1-4-2-5(3-4)6(7)8/h4-5H,1-3H2,(H,7,8)/t4-,5-. The molecule has 0 aromatic rings. The Morgan fingerprint density at radius 3 is 2.25 bits per heavy atom. The SMILES string of the molecule is [CH2][C@H]1C[C@H](C(=O)O)C1. The number of carbonyl (C=O) groups is 1. The van der Waals surface area contributed by atoms with Gasteiger partial charge in [0.25, 0.3) is 0 Å². The van der Waals surface area contributed by atoms with E-state index < -0.39 is 5.97 Å². The smallest absolute Gasteiger partial charge is 0.306 e. The summed E-state index contributed by atoms with van der Waals surface area (Å²) in [4.78, 5) is 10.1. The first-order valence-corrected chi connectivity index (χ1v) is 2.76. The largest absolute Gasteiger partial charge is 0.481 e. The molecule has 0 saturated heterocycles. The van der Waals surface area contributed by atoms with Crippen LogP contribution in [0.3, 0.4) is 0 Å². The lowest BCUT2D eigenvalue weighted by molar-refractivity contribution is -0.145. The Labute approximate surface area is 48.5 Å². The fourth-order valence-electron chi connectivity index (χ4n) is 0.937. The van der Waals surface area contributed by atoms with Gasteiger partial charge in [-0.3, -0.25) is 4.79 Å². The van der Waals surface area contributed by atoms with Gasteiger partial charge >= 0.3 is 5.97 Å². The normalized spacial score (nSPS) is 36.1. The molecule has 0 atom stereocenters. The van der Waals surface area contributed by atoms with E-state index in [1.165, 1.54) is 0 Å². The Bertz CT molecular complexity index is 103. The Morgan fingerprint density at radius 1 is 1.62 bits per heavy atom. The molecule has 1 fully saturated rings. The van der Waals surface area contributed by atoms with Gasteiger partial charge in [0, 0.05) is 0 Å². The number of hydrogen-bond acceptors (Lipinski definition) is 1.